The van der Waals surface area contributed by atoms with Crippen molar-refractivity contribution in [1.82, 2.24) is 14.9 Å². The predicted octanol–water partition coefficient (Wildman–Crippen LogP) is 1.33. The normalized spacial score (nSPS) is 10.1. The second-order valence-corrected chi connectivity index (χ2v) is 3.99. The van der Waals surface area contributed by atoms with Gasteiger partial charge in [-0.05, 0) is 29.8 Å². The van der Waals surface area contributed by atoms with Crippen LogP contribution in [-0.4, -0.2) is 27.8 Å². The second kappa shape index (κ2) is 5.27. The summed E-state index contributed by atoms with van der Waals surface area (Å²) >= 11 is 0. The van der Waals surface area contributed by atoms with Crippen molar-refractivity contribution in [2.24, 2.45) is 0 Å². The number of aromatic nitrogens is 2. The number of rotatable bonds is 3. The molecular weight excluding hydrogens is 228 g/mol. The third-order valence-corrected chi connectivity index (χ3v) is 2.54. The Hall–Kier alpha value is -2.43. The van der Waals surface area contributed by atoms with E-state index in [9.17, 15) is 4.79 Å². The molecule has 2 N–H and O–H groups in total. The largest absolute Gasteiger partial charge is 0.384 e. The predicted molar refractivity (Wildman–Crippen MR) is 68.7 cm³/mol. The molecule has 0 radical (unpaired) electrons. The summed E-state index contributed by atoms with van der Waals surface area (Å²) in [4.78, 5) is 21.6. The summed E-state index contributed by atoms with van der Waals surface area (Å²) in [6.07, 6.45) is 4.94. The smallest absolute Gasteiger partial charge is 0.254 e. The average molecular weight is 242 g/mol. The molecule has 0 aliphatic heterocycles. The molecule has 2 aromatic rings. The lowest BCUT2D eigenvalue weighted by molar-refractivity contribution is 0.0785. The number of nitrogen functional groups attached to an aromatic ring is 1. The van der Waals surface area contributed by atoms with E-state index in [0.29, 0.717) is 17.9 Å². The van der Waals surface area contributed by atoms with Crippen LogP contribution in [0.4, 0.5) is 5.82 Å². The number of pyridine rings is 2. The SMILES string of the molecule is CN(Cc1ccncc1)C(=O)c1ccnc(N)c1. The quantitative estimate of drug-likeness (QED) is 0.881. The van der Waals surface area contributed by atoms with Gasteiger partial charge in [0.2, 0.25) is 0 Å². The molecular formula is C13H14N4O. The molecule has 0 atom stereocenters. The number of nitrogens with zero attached hydrogens (tertiary/aromatic N) is 3. The number of anilines is 1. The van der Waals surface area contributed by atoms with Crippen LogP contribution in [0.2, 0.25) is 0 Å². The van der Waals surface area contributed by atoms with Crippen molar-refractivity contribution in [3.8, 4) is 0 Å². The van der Waals surface area contributed by atoms with Gasteiger partial charge in [-0.15, -0.1) is 0 Å². The minimum absolute atomic E-state index is 0.0825. The first-order valence-electron chi connectivity index (χ1n) is 5.52. The Bertz CT molecular complexity index is 542. The number of amides is 1. The van der Waals surface area contributed by atoms with Crippen molar-refractivity contribution in [3.05, 3.63) is 54.0 Å². The third-order valence-electron chi connectivity index (χ3n) is 2.54. The van der Waals surface area contributed by atoms with Gasteiger partial charge in [0.15, 0.2) is 0 Å². The van der Waals surface area contributed by atoms with Gasteiger partial charge in [-0.25, -0.2) is 4.98 Å². The zero-order chi connectivity index (χ0) is 13.0. The number of carbonyl (C=O) groups is 1. The molecule has 2 rings (SSSR count). The minimum Gasteiger partial charge on any atom is -0.384 e. The van der Waals surface area contributed by atoms with E-state index < -0.39 is 0 Å². The van der Waals surface area contributed by atoms with Gasteiger partial charge in [-0.2, -0.15) is 0 Å². The van der Waals surface area contributed by atoms with Gasteiger partial charge in [0.1, 0.15) is 5.82 Å². The highest BCUT2D eigenvalue weighted by Crippen LogP contribution is 2.09. The zero-order valence-electron chi connectivity index (χ0n) is 10.1. The molecule has 0 aliphatic rings. The standard InChI is InChI=1S/C13H14N4O/c1-17(9-10-2-5-15-6-3-10)13(18)11-4-7-16-12(14)8-11/h2-8H,9H2,1H3,(H2,14,16). The number of nitrogens with two attached hydrogens (primary N) is 1. The molecule has 5 heteroatoms. The fourth-order valence-electron chi connectivity index (χ4n) is 1.64. The van der Waals surface area contributed by atoms with Gasteiger partial charge < -0.3 is 10.6 Å². The van der Waals surface area contributed by atoms with Gasteiger partial charge in [0.25, 0.3) is 5.91 Å². The first-order valence-corrected chi connectivity index (χ1v) is 5.52. The molecule has 0 aromatic carbocycles. The van der Waals surface area contributed by atoms with Crippen LogP contribution in [0.25, 0.3) is 0 Å². The van der Waals surface area contributed by atoms with Gasteiger partial charge >= 0.3 is 0 Å². The summed E-state index contributed by atoms with van der Waals surface area (Å²) in [5.74, 6) is 0.263. The highest BCUT2D eigenvalue weighted by Gasteiger charge is 2.12. The van der Waals surface area contributed by atoms with Crippen LogP contribution in [-0.2, 0) is 6.54 Å². The van der Waals surface area contributed by atoms with E-state index in [0.717, 1.165) is 5.56 Å². The molecule has 0 saturated heterocycles. The summed E-state index contributed by atoms with van der Waals surface area (Å²) in [5.41, 5.74) is 7.13. The van der Waals surface area contributed by atoms with E-state index in [2.05, 4.69) is 9.97 Å². The summed E-state index contributed by atoms with van der Waals surface area (Å²) in [7, 11) is 1.75. The third kappa shape index (κ3) is 2.82. The Balaban J connectivity index is 2.10. The molecule has 0 fully saturated rings. The van der Waals surface area contributed by atoms with Crippen LogP contribution in [0.3, 0.4) is 0 Å². The molecule has 2 heterocycles. The van der Waals surface area contributed by atoms with Crippen LogP contribution >= 0.6 is 0 Å². The summed E-state index contributed by atoms with van der Waals surface area (Å²) < 4.78 is 0. The van der Waals surface area contributed by atoms with Gasteiger partial charge in [-0.3, -0.25) is 9.78 Å². The Morgan fingerprint density at radius 2 is 2.00 bits per heavy atom. The molecule has 0 aliphatic carbocycles. The highest BCUT2D eigenvalue weighted by molar-refractivity contribution is 5.94. The maximum Gasteiger partial charge on any atom is 0.254 e. The Morgan fingerprint density at radius 1 is 1.28 bits per heavy atom. The first kappa shape index (κ1) is 12.0. The van der Waals surface area contributed by atoms with Crippen LogP contribution < -0.4 is 5.73 Å². The lowest BCUT2D eigenvalue weighted by atomic mass is 10.2. The van der Waals surface area contributed by atoms with E-state index in [1.54, 1.807) is 36.5 Å². The van der Waals surface area contributed by atoms with E-state index >= 15 is 0 Å². The number of hydrogen-bond donors (Lipinski definition) is 1. The molecule has 0 spiro atoms. The van der Waals surface area contributed by atoms with E-state index in [1.807, 2.05) is 12.1 Å². The van der Waals surface area contributed by atoms with Crippen LogP contribution in [0, 0.1) is 0 Å². The maximum atomic E-state index is 12.1. The average Bonchev–Trinajstić information content (AvgIpc) is 2.39. The Labute approximate surface area is 105 Å². The minimum atomic E-state index is -0.0825. The van der Waals surface area contributed by atoms with Crippen molar-refractivity contribution in [2.45, 2.75) is 6.54 Å². The number of hydrogen-bond acceptors (Lipinski definition) is 4. The molecule has 92 valence electrons. The zero-order valence-corrected chi connectivity index (χ0v) is 10.1. The highest BCUT2D eigenvalue weighted by atomic mass is 16.2. The summed E-state index contributed by atoms with van der Waals surface area (Å²) in [6, 6.07) is 6.99. The molecule has 0 saturated carbocycles. The second-order valence-electron chi connectivity index (χ2n) is 3.99. The lowest BCUT2D eigenvalue weighted by Gasteiger charge is -2.17. The van der Waals surface area contributed by atoms with Gasteiger partial charge in [0, 0.05) is 37.7 Å². The monoisotopic (exact) mass is 242 g/mol. The van der Waals surface area contributed by atoms with Crippen molar-refractivity contribution in [1.29, 1.82) is 0 Å². The van der Waals surface area contributed by atoms with Gasteiger partial charge in [-0.1, -0.05) is 0 Å². The first-order chi connectivity index (χ1) is 8.66. The molecule has 0 unspecified atom stereocenters. The van der Waals surface area contributed by atoms with E-state index in [4.69, 9.17) is 5.73 Å². The Morgan fingerprint density at radius 3 is 2.67 bits per heavy atom. The summed E-state index contributed by atoms with van der Waals surface area (Å²) in [5, 5.41) is 0. The maximum absolute atomic E-state index is 12.1. The van der Waals surface area contributed by atoms with Crippen molar-refractivity contribution in [3.63, 3.8) is 0 Å². The molecule has 2 aromatic heterocycles. The van der Waals surface area contributed by atoms with Crippen LogP contribution in [0.15, 0.2) is 42.9 Å². The molecule has 18 heavy (non-hydrogen) atoms. The topological polar surface area (TPSA) is 72.1 Å². The van der Waals surface area contributed by atoms with E-state index in [1.165, 1.54) is 6.20 Å². The van der Waals surface area contributed by atoms with E-state index in [-0.39, 0.29) is 5.91 Å². The molecule has 0 bridgehead atoms. The fraction of sp³-hybridized carbons (Fsp3) is 0.154. The van der Waals surface area contributed by atoms with Crippen molar-refractivity contribution < 1.29 is 4.79 Å². The van der Waals surface area contributed by atoms with Crippen LogP contribution in [0.1, 0.15) is 15.9 Å². The fourth-order valence-corrected chi connectivity index (χ4v) is 1.64. The molecule has 1 amide bonds. The Kier molecular flexibility index (Phi) is 3.52. The number of carbonyl (C=O) groups excluding carboxylic acids is 1. The van der Waals surface area contributed by atoms with Gasteiger partial charge in [0.05, 0.1) is 0 Å². The van der Waals surface area contributed by atoms with Crippen molar-refractivity contribution >= 4 is 11.7 Å². The molecule has 5 nitrogen and oxygen atoms in total. The summed E-state index contributed by atoms with van der Waals surface area (Å²) in [6.45, 7) is 0.531. The van der Waals surface area contributed by atoms with Crippen LogP contribution in [0.5, 0.6) is 0 Å². The lowest BCUT2D eigenvalue weighted by Crippen LogP contribution is -2.26. The van der Waals surface area contributed by atoms with Crippen molar-refractivity contribution in [2.75, 3.05) is 12.8 Å².